The summed E-state index contributed by atoms with van der Waals surface area (Å²) in [5.74, 6) is 1.51. The Hall–Kier alpha value is -1.81. The van der Waals surface area contributed by atoms with Crippen LogP contribution in [0.25, 0.3) is 11.0 Å². The molecule has 1 aliphatic heterocycles. The first kappa shape index (κ1) is 14.8. The molecule has 1 aliphatic carbocycles. The van der Waals surface area contributed by atoms with Gasteiger partial charge in [-0.05, 0) is 44.4 Å². The lowest BCUT2D eigenvalue weighted by Crippen LogP contribution is -2.48. The first-order chi connectivity index (χ1) is 11.2. The lowest BCUT2D eigenvalue weighted by Gasteiger charge is -2.37. The summed E-state index contributed by atoms with van der Waals surface area (Å²) in [4.78, 5) is 13.0. The van der Waals surface area contributed by atoms with E-state index in [0.717, 1.165) is 42.7 Å². The van der Waals surface area contributed by atoms with Crippen LogP contribution in [0.2, 0.25) is 0 Å². The van der Waals surface area contributed by atoms with Crippen molar-refractivity contribution in [3.63, 3.8) is 0 Å². The SMILES string of the molecule is CC(NC(=O)[C@@]12CCCC[C@H]1CNC2)c1cc2ccccc2o1. The quantitative estimate of drug-likeness (QED) is 0.913. The van der Waals surface area contributed by atoms with Crippen LogP contribution in [0, 0.1) is 11.3 Å². The van der Waals surface area contributed by atoms with E-state index in [1.807, 2.05) is 37.3 Å². The maximum atomic E-state index is 13.0. The molecule has 2 aliphatic rings. The molecule has 1 aromatic heterocycles. The molecule has 23 heavy (non-hydrogen) atoms. The second-order valence-electron chi connectivity index (χ2n) is 7.11. The Morgan fingerprint density at radius 1 is 1.39 bits per heavy atom. The van der Waals surface area contributed by atoms with Gasteiger partial charge in [0.1, 0.15) is 11.3 Å². The molecular formula is C19H24N2O2. The third-order valence-corrected chi connectivity index (χ3v) is 5.71. The van der Waals surface area contributed by atoms with Gasteiger partial charge in [-0.3, -0.25) is 4.79 Å². The molecule has 1 unspecified atom stereocenters. The van der Waals surface area contributed by atoms with Crippen molar-refractivity contribution in [3.8, 4) is 0 Å². The highest BCUT2D eigenvalue weighted by molar-refractivity contribution is 5.84. The van der Waals surface area contributed by atoms with Gasteiger partial charge in [-0.15, -0.1) is 0 Å². The number of furan rings is 1. The minimum absolute atomic E-state index is 0.104. The highest BCUT2D eigenvalue weighted by Gasteiger charge is 2.50. The van der Waals surface area contributed by atoms with Crippen molar-refractivity contribution < 1.29 is 9.21 Å². The number of hydrogen-bond donors (Lipinski definition) is 2. The normalized spacial score (nSPS) is 28.5. The van der Waals surface area contributed by atoms with E-state index < -0.39 is 0 Å². The largest absolute Gasteiger partial charge is 0.459 e. The van der Waals surface area contributed by atoms with Gasteiger partial charge < -0.3 is 15.1 Å². The van der Waals surface area contributed by atoms with E-state index in [1.165, 1.54) is 12.8 Å². The highest BCUT2D eigenvalue weighted by Crippen LogP contribution is 2.44. The van der Waals surface area contributed by atoms with Crippen molar-refractivity contribution in [2.75, 3.05) is 13.1 Å². The molecule has 4 rings (SSSR count). The van der Waals surface area contributed by atoms with Crippen LogP contribution in [0.4, 0.5) is 0 Å². The zero-order chi connectivity index (χ0) is 15.9. The van der Waals surface area contributed by atoms with E-state index in [1.54, 1.807) is 0 Å². The molecule has 2 aromatic rings. The van der Waals surface area contributed by atoms with Crippen molar-refractivity contribution in [3.05, 3.63) is 36.1 Å². The average molecular weight is 312 g/mol. The molecule has 0 bridgehead atoms. The minimum atomic E-state index is -0.210. The van der Waals surface area contributed by atoms with E-state index in [2.05, 4.69) is 10.6 Å². The number of rotatable bonds is 3. The fourth-order valence-electron chi connectivity index (χ4n) is 4.32. The fourth-order valence-corrected chi connectivity index (χ4v) is 4.32. The molecule has 2 heterocycles. The summed E-state index contributed by atoms with van der Waals surface area (Å²) in [6, 6.07) is 9.89. The van der Waals surface area contributed by atoms with Crippen LogP contribution >= 0.6 is 0 Å². The first-order valence-electron chi connectivity index (χ1n) is 8.69. The van der Waals surface area contributed by atoms with Gasteiger partial charge in [0, 0.05) is 11.9 Å². The average Bonchev–Trinajstić information content (AvgIpc) is 3.19. The van der Waals surface area contributed by atoms with Crippen LogP contribution in [0.3, 0.4) is 0 Å². The first-order valence-corrected chi connectivity index (χ1v) is 8.69. The standard InChI is InChI=1S/C19H24N2O2/c1-13(17-10-14-6-2-3-8-16(14)23-17)21-18(22)19-9-5-4-7-15(19)11-20-12-19/h2-3,6,8,10,13,15,20H,4-5,7,9,11-12H2,1H3,(H,21,22)/t13?,15-,19+/m0/s1. The molecule has 1 saturated carbocycles. The second-order valence-corrected chi connectivity index (χ2v) is 7.11. The highest BCUT2D eigenvalue weighted by atomic mass is 16.3. The zero-order valence-electron chi connectivity index (χ0n) is 13.6. The van der Waals surface area contributed by atoms with Gasteiger partial charge in [-0.25, -0.2) is 0 Å². The Balaban J connectivity index is 1.53. The molecule has 4 heteroatoms. The number of carbonyl (C=O) groups is 1. The summed E-state index contributed by atoms with van der Waals surface area (Å²) < 4.78 is 5.90. The summed E-state index contributed by atoms with van der Waals surface area (Å²) in [6.07, 6.45) is 4.58. The predicted octanol–water partition coefficient (Wildman–Crippen LogP) is 3.39. The molecule has 2 fully saturated rings. The minimum Gasteiger partial charge on any atom is -0.459 e. The number of amides is 1. The molecular weight excluding hydrogens is 288 g/mol. The third kappa shape index (κ3) is 2.45. The lowest BCUT2D eigenvalue weighted by atomic mass is 9.67. The number of carbonyl (C=O) groups excluding carboxylic acids is 1. The van der Waals surface area contributed by atoms with Crippen LogP contribution in [0.15, 0.2) is 34.7 Å². The number of nitrogens with one attached hydrogen (secondary N) is 2. The van der Waals surface area contributed by atoms with Gasteiger partial charge in [-0.2, -0.15) is 0 Å². The van der Waals surface area contributed by atoms with E-state index >= 15 is 0 Å². The Kier molecular flexibility index (Phi) is 3.64. The Morgan fingerprint density at radius 2 is 2.26 bits per heavy atom. The topological polar surface area (TPSA) is 54.3 Å². The molecule has 4 nitrogen and oxygen atoms in total. The molecule has 0 radical (unpaired) electrons. The molecule has 1 saturated heterocycles. The zero-order valence-corrected chi connectivity index (χ0v) is 13.6. The molecule has 3 atom stereocenters. The summed E-state index contributed by atoms with van der Waals surface area (Å²) in [5, 5.41) is 7.74. The fraction of sp³-hybridized carbons (Fsp3) is 0.526. The van der Waals surface area contributed by atoms with Gasteiger partial charge in [-0.1, -0.05) is 31.0 Å². The van der Waals surface area contributed by atoms with Gasteiger partial charge >= 0.3 is 0 Å². The Bertz CT molecular complexity index is 690. The van der Waals surface area contributed by atoms with Crippen molar-refractivity contribution in [2.45, 2.75) is 38.6 Å². The van der Waals surface area contributed by atoms with Crippen LogP contribution < -0.4 is 10.6 Å². The molecule has 122 valence electrons. The lowest BCUT2D eigenvalue weighted by molar-refractivity contribution is -0.134. The Morgan fingerprint density at radius 3 is 3.13 bits per heavy atom. The van der Waals surface area contributed by atoms with Crippen LogP contribution in [0.1, 0.15) is 44.4 Å². The van der Waals surface area contributed by atoms with Gasteiger partial charge in [0.05, 0.1) is 11.5 Å². The summed E-state index contributed by atoms with van der Waals surface area (Å²) in [6.45, 7) is 3.80. The molecule has 0 spiro atoms. The Labute approximate surface area is 136 Å². The van der Waals surface area contributed by atoms with Gasteiger partial charge in [0.15, 0.2) is 0 Å². The van der Waals surface area contributed by atoms with E-state index in [0.29, 0.717) is 5.92 Å². The molecule has 1 aromatic carbocycles. The summed E-state index contributed by atoms with van der Waals surface area (Å²) in [5.41, 5.74) is 0.665. The van der Waals surface area contributed by atoms with Crippen LogP contribution in [0.5, 0.6) is 0 Å². The van der Waals surface area contributed by atoms with Crippen LogP contribution in [-0.4, -0.2) is 19.0 Å². The number of hydrogen-bond acceptors (Lipinski definition) is 3. The summed E-state index contributed by atoms with van der Waals surface area (Å²) in [7, 11) is 0. The van der Waals surface area contributed by atoms with E-state index in [4.69, 9.17) is 4.42 Å². The number of benzene rings is 1. The van der Waals surface area contributed by atoms with Crippen molar-refractivity contribution >= 4 is 16.9 Å². The molecule has 2 N–H and O–H groups in total. The van der Waals surface area contributed by atoms with Crippen molar-refractivity contribution in [1.82, 2.24) is 10.6 Å². The molecule has 1 amide bonds. The van der Waals surface area contributed by atoms with Crippen molar-refractivity contribution in [1.29, 1.82) is 0 Å². The monoisotopic (exact) mass is 312 g/mol. The number of para-hydroxylation sites is 1. The van der Waals surface area contributed by atoms with Gasteiger partial charge in [0.2, 0.25) is 5.91 Å². The number of fused-ring (bicyclic) bond motifs is 2. The predicted molar refractivity (Wildman–Crippen MR) is 90.0 cm³/mol. The maximum absolute atomic E-state index is 13.0. The van der Waals surface area contributed by atoms with Gasteiger partial charge in [0.25, 0.3) is 0 Å². The van der Waals surface area contributed by atoms with E-state index in [9.17, 15) is 4.79 Å². The van der Waals surface area contributed by atoms with Crippen LogP contribution in [-0.2, 0) is 4.79 Å². The van der Waals surface area contributed by atoms with Crippen molar-refractivity contribution in [2.24, 2.45) is 11.3 Å². The second kappa shape index (κ2) is 5.68. The van der Waals surface area contributed by atoms with E-state index in [-0.39, 0.29) is 17.4 Å². The third-order valence-electron chi connectivity index (χ3n) is 5.71. The summed E-state index contributed by atoms with van der Waals surface area (Å²) >= 11 is 0. The maximum Gasteiger partial charge on any atom is 0.228 e. The smallest absolute Gasteiger partial charge is 0.228 e.